The van der Waals surface area contributed by atoms with E-state index in [4.69, 9.17) is 14.2 Å². The van der Waals surface area contributed by atoms with E-state index in [1.54, 1.807) is 32.4 Å². The predicted octanol–water partition coefficient (Wildman–Crippen LogP) is 4.03. The quantitative estimate of drug-likeness (QED) is 0.699. The smallest absolute Gasteiger partial charge is 0.319 e. The Morgan fingerprint density at radius 3 is 2.31 bits per heavy atom. The first kappa shape index (κ1) is 19.4. The third-order valence-corrected chi connectivity index (χ3v) is 3.84. The highest BCUT2D eigenvalue weighted by Crippen LogP contribution is 2.29. The van der Waals surface area contributed by atoms with E-state index in [-0.39, 0.29) is 6.03 Å². The third-order valence-electron chi connectivity index (χ3n) is 3.84. The molecular formula is C20H26N2O4. The van der Waals surface area contributed by atoms with Gasteiger partial charge in [-0.05, 0) is 35.7 Å². The van der Waals surface area contributed by atoms with Gasteiger partial charge in [0.25, 0.3) is 0 Å². The Bertz CT molecular complexity index is 714. The Balaban J connectivity index is 1.75. The molecule has 2 amide bonds. The van der Waals surface area contributed by atoms with Crippen LogP contribution in [0.25, 0.3) is 0 Å². The molecule has 2 aromatic carbocycles. The van der Waals surface area contributed by atoms with Crippen molar-refractivity contribution in [1.82, 2.24) is 5.32 Å². The molecule has 0 aromatic heterocycles. The van der Waals surface area contributed by atoms with Gasteiger partial charge in [-0.1, -0.05) is 26.0 Å². The number of hydrogen-bond donors (Lipinski definition) is 2. The molecule has 6 heteroatoms. The van der Waals surface area contributed by atoms with Crippen molar-refractivity contribution in [2.45, 2.75) is 19.8 Å². The fourth-order valence-corrected chi connectivity index (χ4v) is 2.37. The van der Waals surface area contributed by atoms with E-state index in [1.807, 2.05) is 12.1 Å². The van der Waals surface area contributed by atoms with Crippen LogP contribution >= 0.6 is 0 Å². The van der Waals surface area contributed by atoms with Crippen molar-refractivity contribution in [3.63, 3.8) is 0 Å². The highest BCUT2D eigenvalue weighted by Gasteiger charge is 2.07. The lowest BCUT2D eigenvalue weighted by molar-refractivity contribution is 0.247. The van der Waals surface area contributed by atoms with Crippen LogP contribution in [0.5, 0.6) is 17.2 Å². The Hall–Kier alpha value is -2.89. The lowest BCUT2D eigenvalue weighted by atomic mass is 10.0. The number of ether oxygens (including phenoxy) is 3. The summed E-state index contributed by atoms with van der Waals surface area (Å²) in [6, 6.07) is 12.9. The van der Waals surface area contributed by atoms with Crippen LogP contribution in [0.1, 0.15) is 25.3 Å². The minimum atomic E-state index is -0.309. The largest absolute Gasteiger partial charge is 0.493 e. The summed E-state index contributed by atoms with van der Waals surface area (Å²) in [5.41, 5.74) is 1.88. The molecule has 0 unspecified atom stereocenters. The molecule has 0 radical (unpaired) electrons. The molecule has 0 aliphatic rings. The molecule has 2 rings (SSSR count). The molecule has 0 fully saturated rings. The highest BCUT2D eigenvalue weighted by atomic mass is 16.5. The molecular weight excluding hydrogens is 332 g/mol. The zero-order chi connectivity index (χ0) is 18.9. The van der Waals surface area contributed by atoms with E-state index in [9.17, 15) is 4.79 Å². The summed E-state index contributed by atoms with van der Waals surface area (Å²) < 4.78 is 16.0. The van der Waals surface area contributed by atoms with Crippen LogP contribution in [0.3, 0.4) is 0 Å². The first-order valence-electron chi connectivity index (χ1n) is 8.53. The summed E-state index contributed by atoms with van der Waals surface area (Å²) in [6.45, 7) is 5.08. The van der Waals surface area contributed by atoms with E-state index in [1.165, 1.54) is 5.56 Å². The average Bonchev–Trinajstić information content (AvgIpc) is 2.65. The number of benzene rings is 2. The molecule has 0 saturated heterocycles. The van der Waals surface area contributed by atoms with Gasteiger partial charge >= 0.3 is 6.03 Å². The Kier molecular flexibility index (Phi) is 7.14. The molecule has 0 atom stereocenters. The summed E-state index contributed by atoms with van der Waals surface area (Å²) in [6.07, 6.45) is 0. The topological polar surface area (TPSA) is 68.8 Å². The zero-order valence-electron chi connectivity index (χ0n) is 15.7. The lowest BCUT2D eigenvalue weighted by Crippen LogP contribution is -2.32. The van der Waals surface area contributed by atoms with Crippen LogP contribution in [-0.2, 0) is 0 Å². The molecule has 6 nitrogen and oxygen atoms in total. The maximum atomic E-state index is 11.9. The van der Waals surface area contributed by atoms with Gasteiger partial charge in [-0.3, -0.25) is 0 Å². The minimum absolute atomic E-state index is 0.309. The Morgan fingerprint density at radius 2 is 1.69 bits per heavy atom. The van der Waals surface area contributed by atoms with Crippen molar-refractivity contribution in [3.8, 4) is 17.2 Å². The molecule has 140 valence electrons. The zero-order valence-corrected chi connectivity index (χ0v) is 15.7. The number of nitrogens with one attached hydrogen (secondary N) is 2. The van der Waals surface area contributed by atoms with Crippen molar-refractivity contribution in [3.05, 3.63) is 48.0 Å². The summed E-state index contributed by atoms with van der Waals surface area (Å²) >= 11 is 0. The Morgan fingerprint density at radius 1 is 1.00 bits per heavy atom. The standard InChI is InChI=1S/C20H26N2O4/c1-14(2)15-5-8-17(9-6-15)26-12-11-21-20(23)22-16-7-10-18(24-3)19(13-16)25-4/h5-10,13-14H,11-12H2,1-4H3,(H2,21,22,23). The van der Waals surface area contributed by atoms with E-state index in [0.717, 1.165) is 5.75 Å². The van der Waals surface area contributed by atoms with Gasteiger partial charge in [0.15, 0.2) is 11.5 Å². The van der Waals surface area contributed by atoms with Crippen LogP contribution in [-0.4, -0.2) is 33.4 Å². The summed E-state index contributed by atoms with van der Waals surface area (Å²) in [7, 11) is 3.11. The predicted molar refractivity (Wildman–Crippen MR) is 103 cm³/mol. The minimum Gasteiger partial charge on any atom is -0.493 e. The second kappa shape index (κ2) is 9.56. The van der Waals surface area contributed by atoms with E-state index in [0.29, 0.717) is 36.3 Å². The average molecular weight is 358 g/mol. The molecule has 2 aromatic rings. The monoisotopic (exact) mass is 358 g/mol. The van der Waals surface area contributed by atoms with Crippen molar-refractivity contribution in [2.24, 2.45) is 0 Å². The van der Waals surface area contributed by atoms with Crippen LogP contribution < -0.4 is 24.8 Å². The van der Waals surface area contributed by atoms with Crippen LogP contribution in [0.15, 0.2) is 42.5 Å². The van der Waals surface area contributed by atoms with Gasteiger partial charge in [0.1, 0.15) is 12.4 Å². The van der Waals surface area contributed by atoms with Crippen molar-refractivity contribution >= 4 is 11.7 Å². The number of hydrogen-bond acceptors (Lipinski definition) is 4. The molecule has 0 aliphatic carbocycles. The maximum absolute atomic E-state index is 11.9. The SMILES string of the molecule is COc1ccc(NC(=O)NCCOc2ccc(C(C)C)cc2)cc1OC. The van der Waals surface area contributed by atoms with Gasteiger partial charge in [-0.15, -0.1) is 0 Å². The normalized spacial score (nSPS) is 10.3. The maximum Gasteiger partial charge on any atom is 0.319 e. The van der Waals surface area contributed by atoms with Gasteiger partial charge in [-0.2, -0.15) is 0 Å². The molecule has 26 heavy (non-hydrogen) atoms. The van der Waals surface area contributed by atoms with Crippen LogP contribution in [0, 0.1) is 0 Å². The number of urea groups is 1. The second-order valence-electron chi connectivity index (χ2n) is 6.02. The van der Waals surface area contributed by atoms with E-state index < -0.39 is 0 Å². The molecule has 0 saturated carbocycles. The Labute approximate surface area is 154 Å². The van der Waals surface area contributed by atoms with Gasteiger partial charge in [0, 0.05) is 11.8 Å². The molecule has 0 heterocycles. The van der Waals surface area contributed by atoms with Gasteiger partial charge in [0.05, 0.1) is 20.8 Å². The molecule has 0 spiro atoms. The highest BCUT2D eigenvalue weighted by molar-refractivity contribution is 5.89. The fourth-order valence-electron chi connectivity index (χ4n) is 2.37. The number of anilines is 1. The summed E-state index contributed by atoms with van der Waals surface area (Å²) in [4.78, 5) is 11.9. The molecule has 0 bridgehead atoms. The molecule has 0 aliphatic heterocycles. The van der Waals surface area contributed by atoms with Gasteiger partial charge in [-0.25, -0.2) is 4.79 Å². The summed E-state index contributed by atoms with van der Waals surface area (Å²) in [5.74, 6) is 2.44. The third kappa shape index (κ3) is 5.58. The van der Waals surface area contributed by atoms with Gasteiger partial charge in [0.2, 0.25) is 0 Å². The first-order chi connectivity index (χ1) is 12.5. The van der Waals surface area contributed by atoms with Crippen LogP contribution in [0.2, 0.25) is 0 Å². The second-order valence-corrected chi connectivity index (χ2v) is 6.02. The van der Waals surface area contributed by atoms with Crippen molar-refractivity contribution in [2.75, 3.05) is 32.7 Å². The van der Waals surface area contributed by atoms with E-state index >= 15 is 0 Å². The number of amides is 2. The van der Waals surface area contributed by atoms with Gasteiger partial charge < -0.3 is 24.8 Å². The summed E-state index contributed by atoms with van der Waals surface area (Å²) in [5, 5.41) is 5.50. The molecule has 2 N–H and O–H groups in total. The van der Waals surface area contributed by atoms with E-state index in [2.05, 4.69) is 36.6 Å². The number of carbonyl (C=O) groups excluding carboxylic acids is 1. The first-order valence-corrected chi connectivity index (χ1v) is 8.53. The van der Waals surface area contributed by atoms with Crippen LogP contribution in [0.4, 0.5) is 10.5 Å². The fraction of sp³-hybridized carbons (Fsp3) is 0.350. The number of methoxy groups -OCH3 is 2. The van der Waals surface area contributed by atoms with Crippen molar-refractivity contribution in [1.29, 1.82) is 0 Å². The van der Waals surface area contributed by atoms with Crippen molar-refractivity contribution < 1.29 is 19.0 Å². The number of rotatable bonds is 8. The number of carbonyl (C=O) groups is 1. The lowest BCUT2D eigenvalue weighted by Gasteiger charge is -2.12.